The third-order valence-electron chi connectivity index (χ3n) is 4.55. The average molecular weight is 329 g/mol. The van der Waals surface area contributed by atoms with Gasteiger partial charge in [-0.3, -0.25) is 0 Å². The first kappa shape index (κ1) is 16.7. The maximum Gasteiger partial charge on any atom is 0.338 e. The summed E-state index contributed by atoms with van der Waals surface area (Å²) in [5, 5.41) is 3.56. The van der Waals surface area contributed by atoms with Gasteiger partial charge in [0.15, 0.2) is 0 Å². The molecule has 0 unspecified atom stereocenters. The van der Waals surface area contributed by atoms with Crippen LogP contribution in [0.1, 0.15) is 35.9 Å². The lowest BCUT2D eigenvalue weighted by Gasteiger charge is -2.34. The van der Waals surface area contributed by atoms with Crippen LogP contribution >= 0.6 is 0 Å². The summed E-state index contributed by atoms with van der Waals surface area (Å²) in [6, 6.07) is 11.1. The van der Waals surface area contributed by atoms with E-state index in [2.05, 4.69) is 12.2 Å². The SMILES string of the molecule is COC(=O)c1ccccc1-c1ccc(CNC2(C)CCOCC2)o1. The molecule has 2 aromatic rings. The van der Waals surface area contributed by atoms with Gasteiger partial charge in [-0.25, -0.2) is 4.79 Å². The number of hydrogen-bond donors (Lipinski definition) is 1. The Kier molecular flexibility index (Phi) is 5.02. The van der Waals surface area contributed by atoms with Crippen molar-refractivity contribution < 1.29 is 18.7 Å². The second-order valence-corrected chi connectivity index (χ2v) is 6.33. The van der Waals surface area contributed by atoms with Crippen molar-refractivity contribution in [2.75, 3.05) is 20.3 Å². The number of nitrogens with one attached hydrogen (secondary N) is 1. The van der Waals surface area contributed by atoms with E-state index in [1.807, 2.05) is 30.3 Å². The van der Waals surface area contributed by atoms with Crippen molar-refractivity contribution in [3.05, 3.63) is 47.7 Å². The first-order valence-electron chi connectivity index (χ1n) is 8.20. The number of carbonyl (C=O) groups is 1. The van der Waals surface area contributed by atoms with Gasteiger partial charge in [0.05, 0.1) is 19.2 Å². The van der Waals surface area contributed by atoms with E-state index in [1.165, 1.54) is 7.11 Å². The fourth-order valence-electron chi connectivity index (χ4n) is 2.90. The van der Waals surface area contributed by atoms with Crippen molar-refractivity contribution in [2.24, 2.45) is 0 Å². The summed E-state index contributed by atoms with van der Waals surface area (Å²) in [6.07, 6.45) is 1.98. The fraction of sp³-hybridized carbons (Fsp3) is 0.421. The van der Waals surface area contributed by atoms with Gasteiger partial charge in [0.25, 0.3) is 0 Å². The highest BCUT2D eigenvalue weighted by Gasteiger charge is 2.26. The van der Waals surface area contributed by atoms with E-state index < -0.39 is 0 Å². The number of esters is 1. The Morgan fingerprint density at radius 1 is 1.21 bits per heavy atom. The molecular formula is C19H23NO4. The molecule has 5 nitrogen and oxygen atoms in total. The molecule has 1 aliphatic heterocycles. The van der Waals surface area contributed by atoms with Gasteiger partial charge < -0.3 is 19.2 Å². The largest absolute Gasteiger partial charge is 0.465 e. The van der Waals surface area contributed by atoms with Crippen molar-refractivity contribution in [1.82, 2.24) is 5.32 Å². The Morgan fingerprint density at radius 3 is 2.71 bits per heavy atom. The normalized spacial score (nSPS) is 16.8. The van der Waals surface area contributed by atoms with Gasteiger partial charge in [-0.15, -0.1) is 0 Å². The molecule has 1 fully saturated rings. The molecule has 24 heavy (non-hydrogen) atoms. The van der Waals surface area contributed by atoms with Crippen LogP contribution in [0.5, 0.6) is 0 Å². The molecule has 0 atom stereocenters. The van der Waals surface area contributed by atoms with Crippen molar-refractivity contribution in [3.63, 3.8) is 0 Å². The minimum absolute atomic E-state index is 0.0785. The Bertz CT molecular complexity index is 701. The predicted octanol–water partition coefficient (Wildman–Crippen LogP) is 3.39. The first-order chi connectivity index (χ1) is 11.6. The van der Waals surface area contributed by atoms with E-state index in [9.17, 15) is 4.79 Å². The van der Waals surface area contributed by atoms with Gasteiger partial charge in [0.1, 0.15) is 11.5 Å². The average Bonchev–Trinajstić information content (AvgIpc) is 3.09. The van der Waals surface area contributed by atoms with Gasteiger partial charge in [-0.05, 0) is 38.0 Å². The van der Waals surface area contributed by atoms with Gasteiger partial charge >= 0.3 is 5.97 Å². The number of rotatable bonds is 5. The number of carbonyl (C=O) groups excluding carboxylic acids is 1. The molecule has 1 N–H and O–H groups in total. The summed E-state index contributed by atoms with van der Waals surface area (Å²) in [6.45, 7) is 4.45. The van der Waals surface area contributed by atoms with E-state index in [1.54, 1.807) is 6.07 Å². The lowest BCUT2D eigenvalue weighted by Crippen LogP contribution is -2.46. The van der Waals surface area contributed by atoms with Crippen molar-refractivity contribution in [1.29, 1.82) is 0 Å². The van der Waals surface area contributed by atoms with Gasteiger partial charge in [-0.1, -0.05) is 18.2 Å². The maximum absolute atomic E-state index is 11.9. The molecule has 0 spiro atoms. The standard InChI is InChI=1S/C19H23NO4/c1-19(9-11-23-12-10-19)20-13-14-7-8-17(24-14)15-5-3-4-6-16(15)18(21)22-2/h3-8,20H,9-13H2,1-2H3. The molecule has 1 aromatic heterocycles. The molecule has 0 amide bonds. The summed E-state index contributed by atoms with van der Waals surface area (Å²) in [5.74, 6) is 1.15. The smallest absolute Gasteiger partial charge is 0.338 e. The van der Waals surface area contributed by atoms with Crippen LogP contribution < -0.4 is 5.32 Å². The number of methoxy groups -OCH3 is 1. The summed E-state index contributed by atoms with van der Waals surface area (Å²) in [7, 11) is 1.38. The van der Waals surface area contributed by atoms with Crippen LogP contribution in [0.2, 0.25) is 0 Å². The molecule has 0 aliphatic carbocycles. The van der Waals surface area contributed by atoms with E-state index in [0.717, 1.165) is 37.4 Å². The number of hydrogen-bond acceptors (Lipinski definition) is 5. The second-order valence-electron chi connectivity index (χ2n) is 6.33. The quantitative estimate of drug-likeness (QED) is 0.852. The minimum atomic E-state index is -0.364. The number of furan rings is 1. The Labute approximate surface area is 141 Å². The third-order valence-corrected chi connectivity index (χ3v) is 4.55. The second kappa shape index (κ2) is 7.20. The van der Waals surface area contributed by atoms with Crippen LogP contribution in [0.25, 0.3) is 11.3 Å². The van der Waals surface area contributed by atoms with Gasteiger partial charge in [0.2, 0.25) is 0 Å². The molecule has 0 bridgehead atoms. The van der Waals surface area contributed by atoms with Crippen molar-refractivity contribution >= 4 is 5.97 Å². The summed E-state index contributed by atoms with van der Waals surface area (Å²) < 4.78 is 16.2. The van der Waals surface area contributed by atoms with Gasteiger partial charge in [-0.2, -0.15) is 0 Å². The van der Waals surface area contributed by atoms with Crippen LogP contribution in [0, 0.1) is 0 Å². The van der Waals surface area contributed by atoms with Gasteiger partial charge in [0, 0.05) is 24.3 Å². The lowest BCUT2D eigenvalue weighted by molar-refractivity contribution is 0.0439. The zero-order valence-electron chi connectivity index (χ0n) is 14.1. The van der Waals surface area contributed by atoms with Crippen LogP contribution in [0.4, 0.5) is 0 Å². The number of ether oxygens (including phenoxy) is 2. The summed E-state index contributed by atoms with van der Waals surface area (Å²) in [4.78, 5) is 11.9. The molecule has 1 aliphatic rings. The molecule has 1 saturated heterocycles. The van der Waals surface area contributed by atoms with Crippen LogP contribution in [-0.4, -0.2) is 31.8 Å². The predicted molar refractivity (Wildman–Crippen MR) is 90.8 cm³/mol. The molecule has 0 saturated carbocycles. The van der Waals surface area contributed by atoms with E-state index in [4.69, 9.17) is 13.9 Å². The van der Waals surface area contributed by atoms with Crippen molar-refractivity contribution in [3.8, 4) is 11.3 Å². The molecule has 3 rings (SSSR count). The van der Waals surface area contributed by atoms with Crippen LogP contribution in [0.15, 0.2) is 40.8 Å². The van der Waals surface area contributed by atoms with Crippen LogP contribution in [-0.2, 0) is 16.0 Å². The zero-order valence-corrected chi connectivity index (χ0v) is 14.1. The Balaban J connectivity index is 1.73. The minimum Gasteiger partial charge on any atom is -0.465 e. The molecule has 128 valence electrons. The monoisotopic (exact) mass is 329 g/mol. The molecule has 2 heterocycles. The maximum atomic E-state index is 11.9. The molecule has 1 aromatic carbocycles. The molecule has 0 radical (unpaired) electrons. The summed E-state index contributed by atoms with van der Waals surface area (Å²) in [5.41, 5.74) is 1.33. The highest BCUT2D eigenvalue weighted by molar-refractivity contribution is 5.96. The van der Waals surface area contributed by atoms with Crippen molar-refractivity contribution in [2.45, 2.75) is 31.8 Å². The lowest BCUT2D eigenvalue weighted by atomic mass is 9.92. The van der Waals surface area contributed by atoms with Crippen LogP contribution in [0.3, 0.4) is 0 Å². The molecular weight excluding hydrogens is 306 g/mol. The Morgan fingerprint density at radius 2 is 1.96 bits per heavy atom. The van der Waals surface area contributed by atoms with E-state index >= 15 is 0 Å². The molecule has 5 heteroatoms. The topological polar surface area (TPSA) is 60.7 Å². The zero-order chi connectivity index (χ0) is 17.0. The van der Waals surface area contributed by atoms with E-state index in [0.29, 0.717) is 17.9 Å². The highest BCUT2D eigenvalue weighted by atomic mass is 16.5. The third kappa shape index (κ3) is 3.68. The first-order valence-corrected chi connectivity index (χ1v) is 8.20. The summed E-state index contributed by atoms with van der Waals surface area (Å²) >= 11 is 0. The fourth-order valence-corrected chi connectivity index (χ4v) is 2.90. The number of benzene rings is 1. The Hall–Kier alpha value is -2.11. The highest BCUT2D eigenvalue weighted by Crippen LogP contribution is 2.27. The van der Waals surface area contributed by atoms with E-state index in [-0.39, 0.29) is 11.5 Å².